The highest BCUT2D eigenvalue weighted by Gasteiger charge is 2.04. The monoisotopic (exact) mass is 244 g/mol. The zero-order valence-electron chi connectivity index (χ0n) is 7.31. The van der Waals surface area contributed by atoms with Crippen molar-refractivity contribution in [3.8, 4) is 0 Å². The summed E-state index contributed by atoms with van der Waals surface area (Å²) in [4.78, 5) is 10.1. The van der Waals surface area contributed by atoms with E-state index in [-0.39, 0.29) is 5.82 Å². The van der Waals surface area contributed by atoms with Crippen LogP contribution in [0.15, 0.2) is 16.6 Å². The van der Waals surface area contributed by atoms with E-state index >= 15 is 0 Å². The van der Waals surface area contributed by atoms with Crippen molar-refractivity contribution in [2.24, 2.45) is 0 Å². The topological polar surface area (TPSA) is 17.1 Å². The van der Waals surface area contributed by atoms with E-state index in [1.165, 1.54) is 6.07 Å². The minimum absolute atomic E-state index is 0.234. The Morgan fingerprint density at radius 3 is 2.85 bits per heavy atom. The van der Waals surface area contributed by atoms with Crippen LogP contribution in [-0.2, 0) is 11.2 Å². The largest absolute Gasteiger partial charge is 0.303 e. The maximum Gasteiger partial charge on any atom is 0.126 e. The molecule has 0 N–H and O–H groups in total. The number of halogens is 2. The first-order valence-corrected chi connectivity index (χ1v) is 4.82. The molecule has 0 saturated heterocycles. The standard InChI is InChI=1S/C10H10BrFO/c1-7-5-10(12)8(3-2-4-13)6-9(7)11/h4-6H,2-3H2,1H3. The zero-order chi connectivity index (χ0) is 9.84. The molecule has 0 amide bonds. The minimum atomic E-state index is -0.234. The highest BCUT2D eigenvalue weighted by molar-refractivity contribution is 9.10. The molecule has 0 radical (unpaired) electrons. The van der Waals surface area contributed by atoms with Gasteiger partial charge in [-0.25, -0.2) is 4.39 Å². The first-order valence-electron chi connectivity index (χ1n) is 4.03. The molecule has 0 spiro atoms. The lowest BCUT2D eigenvalue weighted by Crippen LogP contribution is -1.93. The lowest BCUT2D eigenvalue weighted by molar-refractivity contribution is -0.107. The van der Waals surface area contributed by atoms with Gasteiger partial charge in [0.2, 0.25) is 0 Å². The van der Waals surface area contributed by atoms with E-state index in [2.05, 4.69) is 15.9 Å². The Hall–Kier alpha value is -0.700. The molecule has 1 aromatic carbocycles. The lowest BCUT2D eigenvalue weighted by Gasteiger charge is -2.04. The van der Waals surface area contributed by atoms with Gasteiger partial charge in [0.05, 0.1) is 0 Å². The first-order chi connectivity index (χ1) is 6.15. The van der Waals surface area contributed by atoms with E-state index in [0.29, 0.717) is 18.4 Å². The van der Waals surface area contributed by atoms with E-state index in [9.17, 15) is 9.18 Å². The smallest absolute Gasteiger partial charge is 0.126 e. The van der Waals surface area contributed by atoms with Gasteiger partial charge < -0.3 is 4.79 Å². The molecule has 1 aromatic rings. The average molecular weight is 245 g/mol. The second kappa shape index (κ2) is 4.51. The Bertz CT molecular complexity index is 323. The molecule has 0 atom stereocenters. The Morgan fingerprint density at radius 1 is 1.54 bits per heavy atom. The van der Waals surface area contributed by atoms with Gasteiger partial charge in [0.1, 0.15) is 12.1 Å². The van der Waals surface area contributed by atoms with E-state index in [1.54, 1.807) is 6.07 Å². The third kappa shape index (κ3) is 2.62. The third-order valence-corrected chi connectivity index (χ3v) is 2.71. The second-order valence-electron chi connectivity index (χ2n) is 2.90. The van der Waals surface area contributed by atoms with Gasteiger partial charge in [-0.15, -0.1) is 0 Å². The van der Waals surface area contributed by atoms with Crippen LogP contribution in [0.2, 0.25) is 0 Å². The van der Waals surface area contributed by atoms with Gasteiger partial charge in [0.15, 0.2) is 0 Å². The fraction of sp³-hybridized carbons (Fsp3) is 0.300. The maximum atomic E-state index is 13.2. The van der Waals surface area contributed by atoms with Crippen LogP contribution in [0, 0.1) is 12.7 Å². The summed E-state index contributed by atoms with van der Waals surface area (Å²) in [5.41, 5.74) is 1.46. The zero-order valence-corrected chi connectivity index (χ0v) is 8.90. The SMILES string of the molecule is Cc1cc(F)c(CCC=O)cc1Br. The Balaban J connectivity index is 2.94. The van der Waals surface area contributed by atoms with Crippen LogP contribution in [0.1, 0.15) is 17.5 Å². The molecule has 1 nitrogen and oxygen atoms in total. The summed E-state index contributed by atoms with van der Waals surface area (Å²) < 4.78 is 14.1. The van der Waals surface area contributed by atoms with Gasteiger partial charge in [-0.3, -0.25) is 0 Å². The predicted molar refractivity (Wildman–Crippen MR) is 53.2 cm³/mol. The number of hydrogen-bond acceptors (Lipinski definition) is 1. The van der Waals surface area contributed by atoms with Gasteiger partial charge in [0.25, 0.3) is 0 Å². The molecule has 0 saturated carbocycles. The lowest BCUT2D eigenvalue weighted by atomic mass is 10.1. The van der Waals surface area contributed by atoms with Gasteiger partial charge >= 0.3 is 0 Å². The molecule has 0 bridgehead atoms. The number of aryl methyl sites for hydroxylation is 2. The van der Waals surface area contributed by atoms with Crippen LogP contribution < -0.4 is 0 Å². The molecule has 70 valence electrons. The Morgan fingerprint density at radius 2 is 2.23 bits per heavy atom. The van der Waals surface area contributed by atoms with Crippen molar-refractivity contribution < 1.29 is 9.18 Å². The highest BCUT2D eigenvalue weighted by Crippen LogP contribution is 2.21. The molecule has 0 unspecified atom stereocenters. The predicted octanol–water partition coefficient (Wildman–Crippen LogP) is 3.03. The summed E-state index contributed by atoms with van der Waals surface area (Å²) in [6, 6.07) is 3.21. The molecule has 1 rings (SSSR count). The van der Waals surface area contributed by atoms with Crippen molar-refractivity contribution in [3.05, 3.63) is 33.5 Å². The molecule has 0 aliphatic rings. The molecule has 0 aromatic heterocycles. The van der Waals surface area contributed by atoms with Crippen molar-refractivity contribution in [3.63, 3.8) is 0 Å². The molecule has 13 heavy (non-hydrogen) atoms. The molecule has 0 fully saturated rings. The van der Waals surface area contributed by atoms with E-state index in [0.717, 1.165) is 16.3 Å². The summed E-state index contributed by atoms with van der Waals surface area (Å²) in [5.74, 6) is -0.234. The van der Waals surface area contributed by atoms with Gasteiger partial charge in [0, 0.05) is 10.9 Å². The first kappa shape index (κ1) is 10.4. The van der Waals surface area contributed by atoms with Crippen LogP contribution >= 0.6 is 15.9 Å². The Kier molecular flexibility index (Phi) is 3.60. The summed E-state index contributed by atoms with van der Waals surface area (Å²) in [6.45, 7) is 1.83. The fourth-order valence-corrected chi connectivity index (χ4v) is 1.48. The van der Waals surface area contributed by atoms with Gasteiger partial charge in [-0.2, -0.15) is 0 Å². The number of rotatable bonds is 3. The fourth-order valence-electron chi connectivity index (χ4n) is 1.09. The second-order valence-corrected chi connectivity index (χ2v) is 3.75. The molecule has 0 aliphatic heterocycles. The number of aldehydes is 1. The van der Waals surface area contributed by atoms with E-state index in [4.69, 9.17) is 0 Å². The summed E-state index contributed by atoms with van der Waals surface area (Å²) in [7, 11) is 0. The molecular weight excluding hydrogens is 235 g/mol. The van der Waals surface area contributed by atoms with Gasteiger partial charge in [-0.1, -0.05) is 15.9 Å². The van der Waals surface area contributed by atoms with Crippen molar-refractivity contribution in [1.29, 1.82) is 0 Å². The van der Waals surface area contributed by atoms with E-state index < -0.39 is 0 Å². The Labute approximate surface area is 85.1 Å². The van der Waals surface area contributed by atoms with Crippen molar-refractivity contribution in [2.75, 3.05) is 0 Å². The molecule has 0 heterocycles. The van der Waals surface area contributed by atoms with Crippen LogP contribution in [0.4, 0.5) is 4.39 Å². The van der Waals surface area contributed by atoms with Crippen LogP contribution in [0.3, 0.4) is 0 Å². The molecule has 3 heteroatoms. The summed E-state index contributed by atoms with van der Waals surface area (Å²) in [6.07, 6.45) is 1.63. The van der Waals surface area contributed by atoms with E-state index in [1.807, 2.05) is 6.92 Å². The summed E-state index contributed by atoms with van der Waals surface area (Å²) in [5, 5.41) is 0. The number of hydrogen-bond donors (Lipinski definition) is 0. The molecular formula is C10H10BrFO. The van der Waals surface area contributed by atoms with Crippen molar-refractivity contribution in [2.45, 2.75) is 19.8 Å². The number of benzene rings is 1. The maximum absolute atomic E-state index is 13.2. The van der Waals surface area contributed by atoms with Crippen molar-refractivity contribution in [1.82, 2.24) is 0 Å². The molecule has 0 aliphatic carbocycles. The number of carbonyl (C=O) groups is 1. The average Bonchev–Trinajstić information content (AvgIpc) is 2.09. The van der Waals surface area contributed by atoms with Crippen LogP contribution in [0.5, 0.6) is 0 Å². The third-order valence-electron chi connectivity index (χ3n) is 1.86. The normalized spacial score (nSPS) is 10.1. The minimum Gasteiger partial charge on any atom is -0.303 e. The van der Waals surface area contributed by atoms with Crippen molar-refractivity contribution >= 4 is 22.2 Å². The van der Waals surface area contributed by atoms with Crippen LogP contribution in [0.25, 0.3) is 0 Å². The highest BCUT2D eigenvalue weighted by atomic mass is 79.9. The van der Waals surface area contributed by atoms with Crippen LogP contribution in [-0.4, -0.2) is 6.29 Å². The van der Waals surface area contributed by atoms with Gasteiger partial charge in [-0.05, 0) is 36.6 Å². The quantitative estimate of drug-likeness (QED) is 0.748. The summed E-state index contributed by atoms with van der Waals surface area (Å²) >= 11 is 3.32. The number of carbonyl (C=O) groups excluding carboxylic acids is 1.